The fourth-order valence-corrected chi connectivity index (χ4v) is 4.10. The summed E-state index contributed by atoms with van der Waals surface area (Å²) in [5, 5.41) is 21.4. The first kappa shape index (κ1) is 15.6. The molecule has 0 aliphatic heterocycles. The summed E-state index contributed by atoms with van der Waals surface area (Å²) in [7, 11) is 0. The topological polar surface area (TPSA) is 63.4 Å². The van der Waals surface area contributed by atoms with Gasteiger partial charge in [0, 0.05) is 15.8 Å². The zero-order chi connectivity index (χ0) is 14.9. The Morgan fingerprint density at radius 2 is 2.05 bits per heavy atom. The first-order valence-corrected chi connectivity index (χ1v) is 7.86. The number of hydrogen-bond donors (Lipinski definition) is 1. The van der Waals surface area contributed by atoms with E-state index in [1.807, 2.05) is 0 Å². The van der Waals surface area contributed by atoms with E-state index < -0.39 is 11.0 Å². The molecule has 4 nitrogen and oxygen atoms in total. The third-order valence-corrected chi connectivity index (χ3v) is 5.62. The Morgan fingerprint density at radius 3 is 2.60 bits per heavy atom. The van der Waals surface area contributed by atoms with Crippen LogP contribution in [-0.4, -0.2) is 10.0 Å². The minimum atomic E-state index is -0.734. The second-order valence-corrected chi connectivity index (χ2v) is 7.17. The van der Waals surface area contributed by atoms with Gasteiger partial charge in [-0.25, -0.2) is 0 Å². The standard InChI is InChI=1S/C12H9Cl2NO3S2/c1-6(16)11-5-10(15(17)18)12(20-11)19-7-2-3-8(13)9(14)4-7/h2-6,16H,1H3/t6-/m1/s1. The fourth-order valence-electron chi connectivity index (χ4n) is 1.44. The highest BCUT2D eigenvalue weighted by Gasteiger charge is 2.22. The second-order valence-electron chi connectivity index (χ2n) is 3.93. The van der Waals surface area contributed by atoms with Gasteiger partial charge in [0.25, 0.3) is 5.69 Å². The molecule has 0 radical (unpaired) electrons. The quantitative estimate of drug-likeness (QED) is 0.610. The number of nitrogens with zero attached hydrogens (tertiary/aromatic N) is 1. The van der Waals surface area contributed by atoms with Crippen LogP contribution in [0.3, 0.4) is 0 Å². The lowest BCUT2D eigenvalue weighted by Gasteiger charge is -2.01. The van der Waals surface area contributed by atoms with Crippen molar-refractivity contribution in [1.82, 2.24) is 0 Å². The Kier molecular flexibility index (Phi) is 4.93. The molecule has 0 saturated carbocycles. The summed E-state index contributed by atoms with van der Waals surface area (Å²) in [4.78, 5) is 11.9. The monoisotopic (exact) mass is 349 g/mol. The molecule has 1 aromatic heterocycles. The fraction of sp³-hybridized carbons (Fsp3) is 0.167. The molecule has 8 heteroatoms. The minimum absolute atomic E-state index is 0.0121. The van der Waals surface area contributed by atoms with E-state index in [9.17, 15) is 15.2 Å². The highest BCUT2D eigenvalue weighted by molar-refractivity contribution is 8.01. The maximum Gasteiger partial charge on any atom is 0.294 e. The number of aliphatic hydroxyl groups excluding tert-OH is 1. The van der Waals surface area contributed by atoms with Crippen molar-refractivity contribution in [2.45, 2.75) is 22.1 Å². The summed E-state index contributed by atoms with van der Waals surface area (Å²) in [6.07, 6.45) is -0.734. The molecule has 2 rings (SSSR count). The molecule has 2 aromatic rings. The van der Waals surface area contributed by atoms with Gasteiger partial charge in [-0.2, -0.15) is 0 Å². The van der Waals surface area contributed by atoms with E-state index in [0.29, 0.717) is 19.1 Å². The SMILES string of the molecule is C[C@@H](O)c1cc([N+](=O)[O-])c(Sc2ccc(Cl)c(Cl)c2)s1. The Labute approximate surface area is 133 Å². The average molecular weight is 350 g/mol. The Morgan fingerprint density at radius 1 is 1.35 bits per heavy atom. The van der Waals surface area contributed by atoms with Crippen LogP contribution in [0.25, 0.3) is 0 Å². The molecule has 1 aromatic carbocycles. The van der Waals surface area contributed by atoms with Crippen molar-refractivity contribution in [3.63, 3.8) is 0 Å². The summed E-state index contributed by atoms with van der Waals surface area (Å²) in [6.45, 7) is 1.57. The van der Waals surface area contributed by atoms with Crippen LogP contribution in [0, 0.1) is 10.1 Å². The number of benzene rings is 1. The first-order valence-electron chi connectivity index (χ1n) is 5.47. The molecule has 106 valence electrons. The minimum Gasteiger partial charge on any atom is -0.388 e. The van der Waals surface area contributed by atoms with Gasteiger partial charge < -0.3 is 5.11 Å². The van der Waals surface area contributed by atoms with E-state index in [1.165, 1.54) is 29.2 Å². The van der Waals surface area contributed by atoms with E-state index in [2.05, 4.69) is 0 Å². The van der Waals surface area contributed by atoms with Gasteiger partial charge >= 0.3 is 0 Å². The van der Waals surface area contributed by atoms with Crippen molar-refractivity contribution in [2.24, 2.45) is 0 Å². The highest BCUT2D eigenvalue weighted by atomic mass is 35.5. The first-order chi connectivity index (χ1) is 9.38. The lowest BCUT2D eigenvalue weighted by molar-refractivity contribution is -0.387. The predicted molar refractivity (Wildman–Crippen MR) is 82.2 cm³/mol. The van der Waals surface area contributed by atoms with Crippen LogP contribution in [0.4, 0.5) is 5.69 Å². The molecular weight excluding hydrogens is 341 g/mol. The summed E-state index contributed by atoms with van der Waals surface area (Å²) >= 11 is 14.2. The van der Waals surface area contributed by atoms with Gasteiger partial charge in [0.05, 0.1) is 21.1 Å². The largest absolute Gasteiger partial charge is 0.388 e. The summed E-state index contributed by atoms with van der Waals surface area (Å²) in [5.41, 5.74) is -0.0121. The third-order valence-electron chi connectivity index (χ3n) is 2.41. The number of hydrogen-bond acceptors (Lipinski definition) is 5. The molecule has 0 bridgehead atoms. The molecule has 0 fully saturated rings. The van der Waals surface area contributed by atoms with Crippen molar-refractivity contribution < 1.29 is 10.0 Å². The van der Waals surface area contributed by atoms with Crippen LogP contribution in [0.15, 0.2) is 33.4 Å². The van der Waals surface area contributed by atoms with Gasteiger partial charge in [-0.05, 0) is 25.1 Å². The van der Waals surface area contributed by atoms with E-state index in [0.717, 1.165) is 4.90 Å². The Hall–Kier alpha value is -0.790. The average Bonchev–Trinajstić information content (AvgIpc) is 2.78. The smallest absolute Gasteiger partial charge is 0.294 e. The lowest BCUT2D eigenvalue weighted by atomic mass is 10.3. The number of aliphatic hydroxyl groups is 1. The van der Waals surface area contributed by atoms with Gasteiger partial charge in [0.15, 0.2) is 0 Å². The van der Waals surface area contributed by atoms with Crippen molar-refractivity contribution in [3.8, 4) is 0 Å². The Bertz CT molecular complexity index is 658. The van der Waals surface area contributed by atoms with Crippen LogP contribution in [0.2, 0.25) is 10.0 Å². The van der Waals surface area contributed by atoms with Crippen molar-refractivity contribution in [3.05, 3.63) is 49.3 Å². The highest BCUT2D eigenvalue weighted by Crippen LogP contribution is 2.43. The van der Waals surface area contributed by atoms with Crippen LogP contribution in [0.1, 0.15) is 17.9 Å². The van der Waals surface area contributed by atoms with E-state index in [4.69, 9.17) is 23.2 Å². The zero-order valence-electron chi connectivity index (χ0n) is 10.2. The molecule has 1 atom stereocenters. The lowest BCUT2D eigenvalue weighted by Crippen LogP contribution is -1.87. The molecule has 0 aliphatic carbocycles. The molecule has 1 N–H and O–H groups in total. The molecule has 0 spiro atoms. The van der Waals surface area contributed by atoms with Gasteiger partial charge in [-0.3, -0.25) is 10.1 Å². The summed E-state index contributed by atoms with van der Waals surface area (Å²) in [5.74, 6) is 0. The van der Waals surface area contributed by atoms with Gasteiger partial charge in [-0.1, -0.05) is 35.0 Å². The van der Waals surface area contributed by atoms with Crippen molar-refractivity contribution in [1.29, 1.82) is 0 Å². The van der Waals surface area contributed by atoms with E-state index >= 15 is 0 Å². The number of thiophene rings is 1. The molecule has 0 amide bonds. The molecule has 0 unspecified atom stereocenters. The van der Waals surface area contributed by atoms with Gasteiger partial charge in [0.2, 0.25) is 0 Å². The zero-order valence-corrected chi connectivity index (χ0v) is 13.3. The Balaban J connectivity index is 2.36. The summed E-state index contributed by atoms with van der Waals surface area (Å²) in [6, 6.07) is 6.43. The molecule has 0 aliphatic rings. The van der Waals surface area contributed by atoms with Crippen LogP contribution < -0.4 is 0 Å². The number of nitro groups is 1. The van der Waals surface area contributed by atoms with Crippen LogP contribution in [-0.2, 0) is 0 Å². The van der Waals surface area contributed by atoms with Crippen LogP contribution in [0.5, 0.6) is 0 Å². The van der Waals surface area contributed by atoms with E-state index in [1.54, 1.807) is 25.1 Å². The number of rotatable bonds is 4. The van der Waals surface area contributed by atoms with Crippen molar-refractivity contribution in [2.75, 3.05) is 0 Å². The number of halogens is 2. The predicted octanol–water partition coefficient (Wildman–Crippen LogP) is 5.17. The summed E-state index contributed by atoms with van der Waals surface area (Å²) < 4.78 is 0.504. The molecule has 0 saturated heterocycles. The maximum absolute atomic E-state index is 11.0. The third kappa shape index (κ3) is 3.45. The molecule has 20 heavy (non-hydrogen) atoms. The molecule has 1 heterocycles. The van der Waals surface area contributed by atoms with Gasteiger partial charge in [0.1, 0.15) is 4.21 Å². The van der Waals surface area contributed by atoms with Gasteiger partial charge in [-0.15, -0.1) is 11.3 Å². The maximum atomic E-state index is 11.0. The normalized spacial score (nSPS) is 12.4. The molecular formula is C12H9Cl2NO3S2. The van der Waals surface area contributed by atoms with Crippen LogP contribution >= 0.6 is 46.3 Å². The van der Waals surface area contributed by atoms with Crippen molar-refractivity contribution >= 4 is 52.0 Å². The van der Waals surface area contributed by atoms with E-state index in [-0.39, 0.29) is 5.69 Å². The second kappa shape index (κ2) is 6.32.